The van der Waals surface area contributed by atoms with Gasteiger partial charge in [0.1, 0.15) is 5.75 Å². The van der Waals surface area contributed by atoms with Gasteiger partial charge in [-0.3, -0.25) is 5.43 Å². The molecule has 2 N–H and O–H groups in total. The smallest absolute Gasteiger partial charge is 0.252 e. The van der Waals surface area contributed by atoms with Crippen LogP contribution in [0.3, 0.4) is 0 Å². The van der Waals surface area contributed by atoms with Gasteiger partial charge in [-0.1, -0.05) is 83.6 Å². The van der Waals surface area contributed by atoms with Crippen molar-refractivity contribution in [3.05, 3.63) is 76.7 Å². The average molecular weight is 488 g/mol. The number of rotatable bonds is 5. The van der Waals surface area contributed by atoms with Gasteiger partial charge in [0.15, 0.2) is 17.5 Å². The average Bonchev–Trinajstić information content (AvgIpc) is 2.74. The lowest BCUT2D eigenvalue weighted by atomic mass is 9.79. The number of hydrazone groups is 1. The van der Waals surface area contributed by atoms with E-state index in [1.54, 1.807) is 24.3 Å². The molecule has 0 aliphatic heterocycles. The van der Waals surface area contributed by atoms with Crippen LogP contribution in [0.4, 0.5) is 19.0 Å². The highest BCUT2D eigenvalue weighted by molar-refractivity contribution is 7.99. The van der Waals surface area contributed by atoms with Gasteiger partial charge in [0, 0.05) is 16.0 Å². The van der Waals surface area contributed by atoms with Gasteiger partial charge in [0.25, 0.3) is 5.95 Å². The Hall–Kier alpha value is -3.00. The zero-order valence-electron chi connectivity index (χ0n) is 20.0. The number of aromatic nitrogens is 1. The van der Waals surface area contributed by atoms with Gasteiger partial charge in [-0.25, -0.2) is 8.78 Å². The van der Waals surface area contributed by atoms with Crippen molar-refractivity contribution in [2.75, 3.05) is 5.43 Å². The van der Waals surface area contributed by atoms with E-state index in [-0.39, 0.29) is 5.75 Å². The fourth-order valence-corrected chi connectivity index (χ4v) is 4.24. The van der Waals surface area contributed by atoms with Gasteiger partial charge < -0.3 is 5.11 Å². The number of nitrogens with zero attached hydrogens (tertiary/aromatic N) is 2. The number of nitrogens with one attached hydrogen (secondary N) is 1. The maximum Gasteiger partial charge on any atom is 0.252 e. The van der Waals surface area contributed by atoms with E-state index in [1.807, 2.05) is 59.7 Å². The molecule has 0 unspecified atom stereocenters. The lowest BCUT2D eigenvalue weighted by Gasteiger charge is -2.28. The normalized spacial score (nSPS) is 12.4. The van der Waals surface area contributed by atoms with Crippen molar-refractivity contribution in [3.63, 3.8) is 0 Å². The summed E-state index contributed by atoms with van der Waals surface area (Å²) >= 11 is 0.735. The largest absolute Gasteiger partial charge is 0.507 e. The zero-order valence-corrected chi connectivity index (χ0v) is 20.8. The fraction of sp³-hybridized carbons (Fsp3) is 0.308. The standard InChI is InChI=1S/C26H28F3N3OS/c1-25(2,3)17-12-16(13-18(21(17)33)26(4,5)6)34-22-19(27)23(29)31-24(20(22)28)32-30-14-15-10-8-7-9-11-15/h7-14,33H,1-6H3,(H,31,32)/b30-14-. The molecule has 0 saturated carbocycles. The summed E-state index contributed by atoms with van der Waals surface area (Å²) in [4.78, 5) is 3.26. The number of pyridine rings is 1. The number of hydrogen-bond donors (Lipinski definition) is 2. The number of anilines is 1. The molecule has 8 heteroatoms. The second-order valence-corrected chi connectivity index (χ2v) is 11.0. The Morgan fingerprint density at radius 1 is 0.912 bits per heavy atom. The molecular weight excluding hydrogens is 459 g/mol. The summed E-state index contributed by atoms with van der Waals surface area (Å²) in [6.07, 6.45) is 1.42. The summed E-state index contributed by atoms with van der Waals surface area (Å²) in [5, 5.41) is 14.8. The molecule has 3 rings (SSSR count). The summed E-state index contributed by atoms with van der Waals surface area (Å²) in [7, 11) is 0. The molecule has 3 aromatic rings. The molecule has 0 bridgehead atoms. The Labute approximate surface area is 202 Å². The van der Waals surface area contributed by atoms with Crippen LogP contribution >= 0.6 is 11.8 Å². The molecule has 2 aromatic carbocycles. The summed E-state index contributed by atoms with van der Waals surface area (Å²) in [5.41, 5.74) is 3.49. The lowest BCUT2D eigenvalue weighted by Crippen LogP contribution is -2.17. The lowest BCUT2D eigenvalue weighted by molar-refractivity contribution is 0.422. The van der Waals surface area contributed by atoms with E-state index in [9.17, 15) is 13.9 Å². The highest BCUT2D eigenvalue weighted by Crippen LogP contribution is 2.44. The Morgan fingerprint density at radius 3 is 2.00 bits per heavy atom. The van der Waals surface area contributed by atoms with Crippen molar-refractivity contribution >= 4 is 23.8 Å². The van der Waals surface area contributed by atoms with E-state index in [0.29, 0.717) is 16.0 Å². The van der Waals surface area contributed by atoms with Crippen LogP contribution in [0.1, 0.15) is 58.2 Å². The Bertz CT molecular complexity index is 1180. The van der Waals surface area contributed by atoms with Crippen molar-refractivity contribution in [3.8, 4) is 5.75 Å². The molecule has 180 valence electrons. The first-order valence-electron chi connectivity index (χ1n) is 10.7. The molecule has 0 saturated heterocycles. The van der Waals surface area contributed by atoms with E-state index in [1.165, 1.54) is 6.21 Å². The van der Waals surface area contributed by atoms with E-state index >= 15 is 4.39 Å². The van der Waals surface area contributed by atoms with E-state index in [2.05, 4.69) is 15.5 Å². The second kappa shape index (κ2) is 9.70. The van der Waals surface area contributed by atoms with Gasteiger partial charge in [-0.2, -0.15) is 14.5 Å². The van der Waals surface area contributed by atoms with Gasteiger partial charge in [0.2, 0.25) is 0 Å². The topological polar surface area (TPSA) is 57.5 Å². The highest BCUT2D eigenvalue weighted by Gasteiger charge is 2.28. The molecular formula is C26H28F3N3OS. The molecule has 1 heterocycles. The highest BCUT2D eigenvalue weighted by atomic mass is 32.2. The van der Waals surface area contributed by atoms with Gasteiger partial charge in [-0.05, 0) is 28.5 Å². The van der Waals surface area contributed by atoms with Gasteiger partial charge >= 0.3 is 0 Å². The molecule has 4 nitrogen and oxygen atoms in total. The molecule has 1 aromatic heterocycles. The van der Waals surface area contributed by atoms with Crippen LogP contribution in [0.2, 0.25) is 0 Å². The molecule has 0 atom stereocenters. The Kier molecular flexibility index (Phi) is 7.31. The van der Waals surface area contributed by atoms with Crippen LogP contribution in [0.5, 0.6) is 5.75 Å². The molecule has 0 spiro atoms. The summed E-state index contributed by atoms with van der Waals surface area (Å²) in [5.74, 6) is -4.27. The van der Waals surface area contributed by atoms with E-state index in [4.69, 9.17) is 0 Å². The number of halogens is 3. The first-order valence-corrected chi connectivity index (χ1v) is 11.5. The zero-order chi connectivity index (χ0) is 25.3. The SMILES string of the molecule is CC(C)(C)c1cc(Sc2c(F)c(F)nc(N/N=C\c3ccccc3)c2F)cc(C(C)(C)C)c1O. The number of phenols is 1. The fourth-order valence-electron chi connectivity index (χ4n) is 3.29. The van der Waals surface area contributed by atoms with E-state index < -0.39 is 39.1 Å². The Balaban J connectivity index is 2.03. The molecule has 0 amide bonds. The predicted octanol–water partition coefficient (Wildman–Crippen LogP) is 7.40. The number of aromatic hydroxyl groups is 1. The van der Waals surface area contributed by atoms with Crippen molar-refractivity contribution in [1.29, 1.82) is 0 Å². The first-order chi connectivity index (χ1) is 15.8. The minimum atomic E-state index is -1.44. The minimum Gasteiger partial charge on any atom is -0.507 e. The Morgan fingerprint density at radius 2 is 1.47 bits per heavy atom. The third-order valence-electron chi connectivity index (χ3n) is 5.10. The van der Waals surface area contributed by atoms with Crippen molar-refractivity contribution in [2.24, 2.45) is 5.10 Å². The predicted molar refractivity (Wildman–Crippen MR) is 131 cm³/mol. The van der Waals surface area contributed by atoms with Crippen LogP contribution in [0.25, 0.3) is 0 Å². The number of phenolic OH excluding ortho intramolecular Hbond substituents is 1. The van der Waals surface area contributed by atoms with Crippen LogP contribution < -0.4 is 5.43 Å². The quantitative estimate of drug-likeness (QED) is 0.224. The number of benzene rings is 2. The van der Waals surface area contributed by atoms with Gasteiger partial charge in [-0.15, -0.1) is 0 Å². The molecule has 0 aliphatic rings. The molecule has 0 radical (unpaired) electrons. The van der Waals surface area contributed by atoms with Crippen LogP contribution in [0, 0.1) is 17.6 Å². The monoisotopic (exact) mass is 487 g/mol. The van der Waals surface area contributed by atoms with E-state index in [0.717, 1.165) is 17.3 Å². The second-order valence-electron chi connectivity index (χ2n) is 9.96. The third-order valence-corrected chi connectivity index (χ3v) is 6.13. The van der Waals surface area contributed by atoms with Crippen LogP contribution in [-0.4, -0.2) is 16.3 Å². The third kappa shape index (κ3) is 5.73. The van der Waals surface area contributed by atoms with Gasteiger partial charge in [0.05, 0.1) is 11.1 Å². The minimum absolute atomic E-state index is 0.142. The summed E-state index contributed by atoms with van der Waals surface area (Å²) < 4.78 is 44.1. The maximum absolute atomic E-state index is 15.2. The van der Waals surface area contributed by atoms with Crippen LogP contribution in [0.15, 0.2) is 57.4 Å². The molecule has 34 heavy (non-hydrogen) atoms. The van der Waals surface area contributed by atoms with Crippen molar-refractivity contribution < 1.29 is 18.3 Å². The number of hydrogen-bond acceptors (Lipinski definition) is 5. The summed E-state index contributed by atoms with van der Waals surface area (Å²) in [6.45, 7) is 11.6. The maximum atomic E-state index is 15.2. The molecule has 0 fully saturated rings. The molecule has 0 aliphatic carbocycles. The van der Waals surface area contributed by atoms with Crippen molar-refractivity contribution in [1.82, 2.24) is 4.98 Å². The first kappa shape index (κ1) is 25.6. The van der Waals surface area contributed by atoms with Crippen LogP contribution in [-0.2, 0) is 10.8 Å². The van der Waals surface area contributed by atoms with Crippen molar-refractivity contribution in [2.45, 2.75) is 62.2 Å². The summed E-state index contributed by atoms with van der Waals surface area (Å²) in [6, 6.07) is 12.4.